The second kappa shape index (κ2) is 4.31. The zero-order chi connectivity index (χ0) is 11.8. The smallest absolute Gasteiger partial charge is 0.0792 e. The molecule has 0 spiro atoms. The van der Waals surface area contributed by atoms with Gasteiger partial charge in [-0.1, -0.05) is 12.1 Å². The predicted molar refractivity (Wildman–Crippen MR) is 74.3 cm³/mol. The van der Waals surface area contributed by atoms with E-state index in [-0.39, 0.29) is 0 Å². The van der Waals surface area contributed by atoms with Crippen LogP contribution in [0.2, 0.25) is 0 Å². The van der Waals surface area contributed by atoms with E-state index < -0.39 is 0 Å². The van der Waals surface area contributed by atoms with Crippen LogP contribution in [0.4, 0.5) is 0 Å². The third-order valence-electron chi connectivity index (χ3n) is 3.10. The minimum Gasteiger partial charge on any atom is -0.298 e. The molecule has 1 aliphatic rings. The van der Waals surface area contributed by atoms with E-state index in [1.807, 2.05) is 18.7 Å². The van der Waals surface area contributed by atoms with E-state index in [1.165, 1.54) is 16.7 Å². The van der Waals surface area contributed by atoms with Crippen molar-refractivity contribution in [1.82, 2.24) is 10.3 Å². The van der Waals surface area contributed by atoms with Crippen LogP contribution in [0.1, 0.15) is 23.6 Å². The fourth-order valence-electron chi connectivity index (χ4n) is 2.20. The van der Waals surface area contributed by atoms with Crippen molar-refractivity contribution in [1.29, 1.82) is 0 Å². The molecule has 1 aliphatic heterocycles. The van der Waals surface area contributed by atoms with Gasteiger partial charge in [0.25, 0.3) is 0 Å². The first-order valence-electron chi connectivity index (χ1n) is 5.97. The standard InChI is InChI=1S/C14H16N2S/c1-9-3-4-11-7-12(5-6-13(11)15-9)14-16-10(2)8-17-14/h3-7,10,14,16H,8H2,1-2H3. The number of hydrogen-bond acceptors (Lipinski definition) is 3. The van der Waals surface area contributed by atoms with Crippen molar-refractivity contribution in [2.45, 2.75) is 25.3 Å². The lowest BCUT2D eigenvalue weighted by Gasteiger charge is -2.12. The van der Waals surface area contributed by atoms with E-state index in [0.29, 0.717) is 11.4 Å². The predicted octanol–water partition coefficient (Wildman–Crippen LogP) is 3.27. The van der Waals surface area contributed by atoms with Crippen molar-refractivity contribution >= 4 is 22.7 Å². The van der Waals surface area contributed by atoms with E-state index in [1.54, 1.807) is 0 Å². The normalized spacial score (nSPS) is 24.4. The van der Waals surface area contributed by atoms with Crippen LogP contribution < -0.4 is 5.32 Å². The molecule has 3 heteroatoms. The van der Waals surface area contributed by atoms with Crippen molar-refractivity contribution in [3.8, 4) is 0 Å². The first-order chi connectivity index (χ1) is 8.22. The number of rotatable bonds is 1. The van der Waals surface area contributed by atoms with Gasteiger partial charge in [-0.05, 0) is 37.6 Å². The van der Waals surface area contributed by atoms with Crippen LogP contribution in [0.5, 0.6) is 0 Å². The number of aromatic nitrogens is 1. The van der Waals surface area contributed by atoms with Gasteiger partial charge in [0, 0.05) is 22.9 Å². The van der Waals surface area contributed by atoms with Crippen LogP contribution in [-0.4, -0.2) is 16.8 Å². The maximum absolute atomic E-state index is 4.53. The van der Waals surface area contributed by atoms with E-state index in [0.717, 1.165) is 11.2 Å². The van der Waals surface area contributed by atoms with Gasteiger partial charge in [-0.15, -0.1) is 11.8 Å². The van der Waals surface area contributed by atoms with Crippen LogP contribution in [-0.2, 0) is 0 Å². The third kappa shape index (κ3) is 2.17. The Hall–Kier alpha value is -1.06. The van der Waals surface area contributed by atoms with Gasteiger partial charge in [-0.3, -0.25) is 10.3 Å². The second-order valence-corrected chi connectivity index (χ2v) is 5.82. The van der Waals surface area contributed by atoms with Crippen LogP contribution in [0.25, 0.3) is 10.9 Å². The van der Waals surface area contributed by atoms with E-state index in [9.17, 15) is 0 Å². The van der Waals surface area contributed by atoms with Gasteiger partial charge in [0.05, 0.1) is 10.9 Å². The molecule has 17 heavy (non-hydrogen) atoms. The number of nitrogens with one attached hydrogen (secondary N) is 1. The summed E-state index contributed by atoms with van der Waals surface area (Å²) in [5.41, 5.74) is 3.52. The summed E-state index contributed by atoms with van der Waals surface area (Å²) in [5.74, 6) is 1.19. The highest BCUT2D eigenvalue weighted by Crippen LogP contribution is 2.33. The Labute approximate surface area is 106 Å². The lowest BCUT2D eigenvalue weighted by atomic mass is 10.1. The fourth-order valence-corrected chi connectivity index (χ4v) is 3.44. The minimum atomic E-state index is 0.440. The molecule has 2 unspecified atom stereocenters. The maximum atomic E-state index is 4.53. The molecule has 0 amide bonds. The van der Waals surface area contributed by atoms with Crippen molar-refractivity contribution in [3.05, 3.63) is 41.6 Å². The van der Waals surface area contributed by atoms with Crippen molar-refractivity contribution < 1.29 is 0 Å². The molecule has 1 aromatic heterocycles. The number of benzene rings is 1. The van der Waals surface area contributed by atoms with Gasteiger partial charge < -0.3 is 0 Å². The molecule has 2 atom stereocenters. The largest absolute Gasteiger partial charge is 0.298 e. The highest BCUT2D eigenvalue weighted by molar-refractivity contribution is 7.99. The molecular weight excluding hydrogens is 228 g/mol. The first-order valence-corrected chi connectivity index (χ1v) is 7.02. The molecule has 2 heterocycles. The molecule has 2 nitrogen and oxygen atoms in total. The van der Waals surface area contributed by atoms with Gasteiger partial charge in [0.15, 0.2) is 0 Å². The van der Waals surface area contributed by atoms with E-state index in [2.05, 4.69) is 47.6 Å². The Morgan fingerprint density at radius 3 is 2.94 bits per heavy atom. The number of pyridine rings is 1. The Morgan fingerprint density at radius 2 is 2.18 bits per heavy atom. The molecule has 0 saturated carbocycles. The summed E-state index contributed by atoms with van der Waals surface area (Å²) in [4.78, 5) is 4.53. The molecule has 0 radical (unpaired) electrons. The molecule has 1 aromatic carbocycles. The lowest BCUT2D eigenvalue weighted by molar-refractivity contribution is 0.618. The number of hydrogen-bond donors (Lipinski definition) is 1. The van der Waals surface area contributed by atoms with Gasteiger partial charge in [-0.25, -0.2) is 0 Å². The summed E-state index contributed by atoms with van der Waals surface area (Å²) in [6.45, 7) is 4.27. The van der Waals surface area contributed by atoms with E-state index in [4.69, 9.17) is 0 Å². The van der Waals surface area contributed by atoms with Gasteiger partial charge in [0.1, 0.15) is 0 Å². The average Bonchev–Trinajstić information content (AvgIpc) is 2.75. The van der Waals surface area contributed by atoms with Crippen molar-refractivity contribution in [2.24, 2.45) is 0 Å². The monoisotopic (exact) mass is 244 g/mol. The molecule has 3 rings (SSSR count). The number of nitrogens with zero attached hydrogens (tertiary/aromatic N) is 1. The summed E-state index contributed by atoms with van der Waals surface area (Å²) in [6.07, 6.45) is 0. The average molecular weight is 244 g/mol. The molecule has 1 saturated heterocycles. The van der Waals surface area contributed by atoms with Crippen LogP contribution in [0.15, 0.2) is 30.3 Å². The molecule has 2 aromatic rings. The van der Waals surface area contributed by atoms with E-state index >= 15 is 0 Å². The third-order valence-corrected chi connectivity index (χ3v) is 4.54. The quantitative estimate of drug-likeness (QED) is 0.833. The SMILES string of the molecule is Cc1ccc2cc(C3NC(C)CS3)ccc2n1. The zero-order valence-electron chi connectivity index (χ0n) is 10.1. The Morgan fingerprint density at radius 1 is 1.29 bits per heavy atom. The molecule has 88 valence electrons. The summed E-state index contributed by atoms with van der Waals surface area (Å²) < 4.78 is 0. The summed E-state index contributed by atoms with van der Waals surface area (Å²) in [5, 5.41) is 5.26. The lowest BCUT2D eigenvalue weighted by Crippen LogP contribution is -2.21. The summed E-state index contributed by atoms with van der Waals surface area (Å²) in [7, 11) is 0. The van der Waals surface area contributed by atoms with Crippen molar-refractivity contribution in [3.63, 3.8) is 0 Å². The number of fused-ring (bicyclic) bond motifs is 1. The molecule has 1 N–H and O–H groups in total. The highest BCUT2D eigenvalue weighted by atomic mass is 32.2. The van der Waals surface area contributed by atoms with Crippen LogP contribution in [0.3, 0.4) is 0 Å². The highest BCUT2D eigenvalue weighted by Gasteiger charge is 2.22. The maximum Gasteiger partial charge on any atom is 0.0792 e. The Bertz CT molecular complexity index is 553. The second-order valence-electron chi connectivity index (χ2n) is 4.69. The summed E-state index contributed by atoms with van der Waals surface area (Å²) in [6, 6.07) is 11.4. The van der Waals surface area contributed by atoms with Crippen LogP contribution >= 0.6 is 11.8 Å². The Balaban J connectivity index is 1.99. The van der Waals surface area contributed by atoms with Crippen molar-refractivity contribution in [2.75, 3.05) is 5.75 Å². The minimum absolute atomic E-state index is 0.440. The first kappa shape index (κ1) is 11.1. The topological polar surface area (TPSA) is 24.9 Å². The number of aryl methyl sites for hydroxylation is 1. The molecular formula is C14H16N2S. The van der Waals surface area contributed by atoms with Gasteiger partial charge in [0.2, 0.25) is 0 Å². The molecule has 0 bridgehead atoms. The molecule has 1 fully saturated rings. The number of thioether (sulfide) groups is 1. The summed E-state index contributed by atoms with van der Waals surface area (Å²) >= 11 is 1.98. The fraction of sp³-hybridized carbons (Fsp3) is 0.357. The Kier molecular flexibility index (Phi) is 2.81. The van der Waals surface area contributed by atoms with Gasteiger partial charge in [-0.2, -0.15) is 0 Å². The van der Waals surface area contributed by atoms with Crippen LogP contribution in [0, 0.1) is 6.92 Å². The van der Waals surface area contributed by atoms with Gasteiger partial charge >= 0.3 is 0 Å². The molecule has 0 aliphatic carbocycles. The zero-order valence-corrected chi connectivity index (χ0v) is 10.9.